The van der Waals surface area contributed by atoms with Crippen molar-refractivity contribution in [3.8, 4) is 0 Å². The molecule has 0 radical (unpaired) electrons. The summed E-state index contributed by atoms with van der Waals surface area (Å²) in [6.07, 6.45) is 2.55. The predicted molar refractivity (Wildman–Crippen MR) is 69.7 cm³/mol. The lowest BCUT2D eigenvalue weighted by Crippen LogP contribution is -2.47. The van der Waals surface area contributed by atoms with Crippen LogP contribution in [0, 0.1) is 0 Å². The van der Waals surface area contributed by atoms with Crippen LogP contribution in [-0.4, -0.2) is 37.2 Å². The van der Waals surface area contributed by atoms with E-state index in [-0.39, 0.29) is 0 Å². The molecule has 0 amide bonds. The molecule has 2 N–H and O–H groups in total. The van der Waals surface area contributed by atoms with Gasteiger partial charge in [0.1, 0.15) is 0 Å². The lowest BCUT2D eigenvalue weighted by Gasteiger charge is -2.38. The molecule has 2 atom stereocenters. The Morgan fingerprint density at radius 3 is 2.76 bits per heavy atom. The maximum atomic E-state index is 5.87. The Morgan fingerprint density at radius 1 is 1.35 bits per heavy atom. The second-order valence-corrected chi connectivity index (χ2v) is 4.73. The summed E-state index contributed by atoms with van der Waals surface area (Å²) in [5.41, 5.74) is 7.23. The molecule has 1 aliphatic rings. The van der Waals surface area contributed by atoms with Gasteiger partial charge in [0, 0.05) is 32.8 Å². The van der Waals surface area contributed by atoms with Gasteiger partial charge in [0.2, 0.25) is 0 Å². The van der Waals surface area contributed by atoms with Crippen molar-refractivity contribution in [2.45, 2.75) is 31.5 Å². The lowest BCUT2D eigenvalue weighted by molar-refractivity contribution is 0.0102. The van der Waals surface area contributed by atoms with Crippen LogP contribution in [0.5, 0.6) is 0 Å². The Balaban J connectivity index is 1.96. The summed E-state index contributed by atoms with van der Waals surface area (Å²) < 4.78 is 5.44. The quantitative estimate of drug-likeness (QED) is 0.860. The Labute approximate surface area is 104 Å². The minimum absolute atomic E-state index is 0.385. The maximum absolute atomic E-state index is 5.87. The molecule has 1 heterocycles. The maximum Gasteiger partial charge on any atom is 0.0599 e. The fourth-order valence-corrected chi connectivity index (χ4v) is 2.55. The minimum Gasteiger partial charge on any atom is -0.381 e. The third kappa shape index (κ3) is 3.28. The average Bonchev–Trinajstić information content (AvgIpc) is 2.40. The Morgan fingerprint density at radius 2 is 2.12 bits per heavy atom. The number of ether oxygens (including phenoxy) is 1. The number of hydrogen-bond acceptors (Lipinski definition) is 3. The van der Waals surface area contributed by atoms with E-state index in [9.17, 15) is 0 Å². The van der Waals surface area contributed by atoms with Crippen molar-refractivity contribution in [1.82, 2.24) is 4.90 Å². The molecular formula is C14H22N2O. The molecule has 2 unspecified atom stereocenters. The van der Waals surface area contributed by atoms with Crippen molar-refractivity contribution in [1.29, 1.82) is 0 Å². The van der Waals surface area contributed by atoms with E-state index in [0.717, 1.165) is 25.9 Å². The van der Waals surface area contributed by atoms with E-state index in [4.69, 9.17) is 10.5 Å². The molecule has 1 fully saturated rings. The number of nitrogens with zero attached hydrogens (tertiary/aromatic N) is 1. The lowest BCUT2D eigenvalue weighted by atomic mass is 9.98. The first-order valence-electron chi connectivity index (χ1n) is 6.34. The van der Waals surface area contributed by atoms with Gasteiger partial charge in [0.15, 0.2) is 0 Å². The van der Waals surface area contributed by atoms with Crippen molar-refractivity contribution in [3.63, 3.8) is 0 Å². The summed E-state index contributed by atoms with van der Waals surface area (Å²) in [6, 6.07) is 11.0. The molecule has 0 aliphatic carbocycles. The summed E-state index contributed by atoms with van der Waals surface area (Å²) in [5, 5.41) is 0. The summed E-state index contributed by atoms with van der Waals surface area (Å²) in [7, 11) is 1.80. The van der Waals surface area contributed by atoms with Gasteiger partial charge in [-0.3, -0.25) is 4.90 Å². The summed E-state index contributed by atoms with van der Waals surface area (Å²) in [6.45, 7) is 2.79. The fraction of sp³-hybridized carbons (Fsp3) is 0.571. The number of hydrogen-bond donors (Lipinski definition) is 1. The Hall–Kier alpha value is -0.900. The van der Waals surface area contributed by atoms with E-state index in [1.54, 1.807) is 7.11 Å². The van der Waals surface area contributed by atoms with Crippen molar-refractivity contribution in [2.75, 3.05) is 20.2 Å². The Kier molecular flexibility index (Phi) is 4.54. The third-order valence-electron chi connectivity index (χ3n) is 3.62. The zero-order valence-corrected chi connectivity index (χ0v) is 10.5. The second kappa shape index (κ2) is 6.15. The molecule has 0 spiro atoms. The number of likely N-dealkylation sites (tertiary alicyclic amines) is 1. The van der Waals surface area contributed by atoms with Crippen LogP contribution in [-0.2, 0) is 11.3 Å². The van der Waals surface area contributed by atoms with Gasteiger partial charge in [-0.2, -0.15) is 0 Å². The number of rotatable bonds is 4. The van der Waals surface area contributed by atoms with Gasteiger partial charge in [0.25, 0.3) is 0 Å². The zero-order valence-electron chi connectivity index (χ0n) is 10.5. The predicted octanol–water partition coefficient (Wildman–Crippen LogP) is 1.62. The molecule has 1 aromatic rings. The fourth-order valence-electron chi connectivity index (χ4n) is 2.55. The molecule has 17 heavy (non-hydrogen) atoms. The highest BCUT2D eigenvalue weighted by Crippen LogP contribution is 2.21. The summed E-state index contributed by atoms with van der Waals surface area (Å²) in [4.78, 5) is 2.48. The third-order valence-corrected chi connectivity index (χ3v) is 3.62. The molecule has 3 nitrogen and oxygen atoms in total. The number of benzene rings is 1. The summed E-state index contributed by atoms with van der Waals surface area (Å²) >= 11 is 0. The molecule has 94 valence electrons. The first-order chi connectivity index (χ1) is 8.33. The topological polar surface area (TPSA) is 38.5 Å². The van der Waals surface area contributed by atoms with Crippen LogP contribution in [0.2, 0.25) is 0 Å². The molecule has 2 rings (SSSR count). The van der Waals surface area contributed by atoms with Gasteiger partial charge in [-0.1, -0.05) is 30.3 Å². The van der Waals surface area contributed by atoms with E-state index in [0.29, 0.717) is 18.7 Å². The molecule has 0 saturated carbocycles. The highest BCUT2D eigenvalue weighted by Gasteiger charge is 2.27. The van der Waals surface area contributed by atoms with Crippen LogP contribution in [0.25, 0.3) is 0 Å². The van der Waals surface area contributed by atoms with Crippen LogP contribution < -0.4 is 5.73 Å². The monoisotopic (exact) mass is 234 g/mol. The zero-order chi connectivity index (χ0) is 12.1. The highest BCUT2D eigenvalue weighted by atomic mass is 16.5. The molecular weight excluding hydrogens is 212 g/mol. The Bertz CT molecular complexity index is 328. The van der Waals surface area contributed by atoms with E-state index in [1.165, 1.54) is 5.56 Å². The van der Waals surface area contributed by atoms with Crippen LogP contribution in [0.1, 0.15) is 18.4 Å². The standard InChI is InChI=1S/C14H22N2O/c1-17-14-7-8-16(13(9-14)10-15)11-12-5-3-2-4-6-12/h2-6,13-14H,7-11,15H2,1H3. The van der Waals surface area contributed by atoms with Crippen molar-refractivity contribution in [3.05, 3.63) is 35.9 Å². The van der Waals surface area contributed by atoms with Crippen molar-refractivity contribution in [2.24, 2.45) is 5.73 Å². The van der Waals surface area contributed by atoms with Crippen LogP contribution in [0.15, 0.2) is 30.3 Å². The first kappa shape index (κ1) is 12.6. The average molecular weight is 234 g/mol. The summed E-state index contributed by atoms with van der Waals surface area (Å²) in [5.74, 6) is 0. The number of nitrogens with two attached hydrogens (primary N) is 1. The second-order valence-electron chi connectivity index (χ2n) is 4.73. The minimum atomic E-state index is 0.385. The van der Waals surface area contributed by atoms with Crippen LogP contribution in [0.3, 0.4) is 0 Å². The van der Waals surface area contributed by atoms with Gasteiger partial charge in [0.05, 0.1) is 6.10 Å². The van der Waals surface area contributed by atoms with Gasteiger partial charge in [-0.15, -0.1) is 0 Å². The largest absolute Gasteiger partial charge is 0.381 e. The smallest absolute Gasteiger partial charge is 0.0599 e. The van der Waals surface area contributed by atoms with Crippen molar-refractivity contribution >= 4 is 0 Å². The first-order valence-corrected chi connectivity index (χ1v) is 6.34. The van der Waals surface area contributed by atoms with Crippen molar-refractivity contribution < 1.29 is 4.74 Å². The van der Waals surface area contributed by atoms with Crippen LogP contribution >= 0.6 is 0 Å². The normalized spacial score (nSPS) is 26.0. The van der Waals surface area contributed by atoms with E-state index in [1.807, 2.05) is 0 Å². The number of piperidine rings is 1. The molecule has 0 aromatic heterocycles. The molecule has 1 aliphatic heterocycles. The van der Waals surface area contributed by atoms with Crippen LogP contribution in [0.4, 0.5) is 0 Å². The van der Waals surface area contributed by atoms with E-state index >= 15 is 0 Å². The molecule has 0 bridgehead atoms. The van der Waals surface area contributed by atoms with Gasteiger partial charge in [-0.05, 0) is 18.4 Å². The van der Waals surface area contributed by atoms with Gasteiger partial charge >= 0.3 is 0 Å². The van der Waals surface area contributed by atoms with E-state index < -0.39 is 0 Å². The van der Waals surface area contributed by atoms with E-state index in [2.05, 4.69) is 35.2 Å². The number of methoxy groups -OCH3 is 1. The van der Waals surface area contributed by atoms with Gasteiger partial charge in [-0.25, -0.2) is 0 Å². The van der Waals surface area contributed by atoms with Gasteiger partial charge < -0.3 is 10.5 Å². The molecule has 1 aromatic carbocycles. The SMILES string of the molecule is COC1CCN(Cc2ccccc2)C(CN)C1. The highest BCUT2D eigenvalue weighted by molar-refractivity contribution is 5.14. The molecule has 3 heteroatoms. The molecule has 1 saturated heterocycles.